The molecule has 0 unspecified atom stereocenters. The number of nitrogens with zero attached hydrogens (tertiary/aromatic N) is 2. The van der Waals surface area contributed by atoms with E-state index in [-0.39, 0.29) is 11.5 Å². The van der Waals surface area contributed by atoms with Gasteiger partial charge < -0.3 is 4.90 Å². The van der Waals surface area contributed by atoms with Gasteiger partial charge in [-0.2, -0.15) is 0 Å². The molecule has 0 bridgehead atoms. The van der Waals surface area contributed by atoms with E-state index in [1.807, 2.05) is 17.0 Å². The minimum absolute atomic E-state index is 0.138. The van der Waals surface area contributed by atoms with E-state index in [0.717, 1.165) is 75.1 Å². The highest BCUT2D eigenvalue weighted by Gasteiger charge is 2.24. The first-order chi connectivity index (χ1) is 18.8. The summed E-state index contributed by atoms with van der Waals surface area (Å²) in [6.45, 7) is 3.43. The first-order valence-electron chi connectivity index (χ1n) is 13.3. The van der Waals surface area contributed by atoms with Crippen molar-refractivity contribution >= 4 is 17.9 Å². The van der Waals surface area contributed by atoms with Crippen molar-refractivity contribution in [2.24, 2.45) is 5.92 Å². The topological polar surface area (TPSA) is 40.6 Å². The molecule has 0 spiro atoms. The molecule has 206 valence electrons. The van der Waals surface area contributed by atoms with Gasteiger partial charge in [0.25, 0.3) is 0 Å². The molecule has 0 saturated carbocycles. The Labute approximate surface area is 226 Å². The van der Waals surface area contributed by atoms with Gasteiger partial charge in [-0.25, -0.2) is 17.6 Å². The van der Waals surface area contributed by atoms with Crippen LogP contribution in [0.1, 0.15) is 53.6 Å². The largest absolute Gasteiger partial charge is 0.312 e. The quantitative estimate of drug-likeness (QED) is 0.247. The number of para-hydroxylation sites is 1. The zero-order valence-corrected chi connectivity index (χ0v) is 21.7. The summed E-state index contributed by atoms with van der Waals surface area (Å²) < 4.78 is 50.8. The summed E-state index contributed by atoms with van der Waals surface area (Å²) in [7, 11) is 0. The molecule has 5 rings (SSSR count). The number of hydrogen-bond donors (Lipinski definition) is 0. The van der Waals surface area contributed by atoms with E-state index in [1.54, 1.807) is 6.07 Å². The van der Waals surface area contributed by atoms with Crippen LogP contribution in [0.4, 0.5) is 23.2 Å². The normalized spacial score (nSPS) is 15.9. The molecule has 2 aliphatic heterocycles. The maximum atomic E-state index is 13.4. The Morgan fingerprint density at radius 3 is 2.21 bits per heavy atom. The molecule has 1 saturated heterocycles. The summed E-state index contributed by atoms with van der Waals surface area (Å²) in [6.07, 6.45) is 6.31. The molecule has 3 aromatic carbocycles. The maximum absolute atomic E-state index is 13.4. The summed E-state index contributed by atoms with van der Waals surface area (Å²) in [5.74, 6) is -2.58. The summed E-state index contributed by atoms with van der Waals surface area (Å²) in [5.41, 5.74) is 3.33. The van der Waals surface area contributed by atoms with Gasteiger partial charge in [-0.3, -0.25) is 14.5 Å². The van der Waals surface area contributed by atoms with Crippen LogP contribution in [-0.2, 0) is 17.8 Å². The molecule has 0 atom stereocenters. The van der Waals surface area contributed by atoms with E-state index in [2.05, 4.69) is 17.0 Å². The molecule has 1 fully saturated rings. The van der Waals surface area contributed by atoms with Crippen LogP contribution in [0.5, 0.6) is 0 Å². The lowest BCUT2D eigenvalue weighted by Crippen LogP contribution is -2.36. The number of rotatable bonds is 7. The number of aryl methyl sites for hydroxylation is 1. The molecule has 2 aliphatic rings. The number of carbonyl (C=O) groups excluding carboxylic acids is 2. The lowest BCUT2D eigenvalue weighted by Gasteiger charge is -2.33. The van der Waals surface area contributed by atoms with Crippen molar-refractivity contribution in [3.05, 3.63) is 101 Å². The predicted octanol–water partition coefficient (Wildman–Crippen LogP) is 6.71. The van der Waals surface area contributed by atoms with E-state index < -0.39 is 23.3 Å². The number of likely N-dealkylation sites (tertiary alicyclic amines) is 1. The van der Waals surface area contributed by atoms with Crippen LogP contribution in [-0.4, -0.2) is 36.7 Å². The number of anilines is 1. The van der Waals surface area contributed by atoms with Crippen LogP contribution in [0.2, 0.25) is 0 Å². The van der Waals surface area contributed by atoms with Crippen molar-refractivity contribution < 1.29 is 27.2 Å². The van der Waals surface area contributed by atoms with Crippen LogP contribution in [0, 0.1) is 29.2 Å². The lowest BCUT2D eigenvalue weighted by molar-refractivity contribution is -0.118. The average molecular weight is 541 g/mol. The van der Waals surface area contributed by atoms with Gasteiger partial charge in [0.05, 0.1) is 0 Å². The molecule has 0 radical (unpaired) electrons. The molecule has 4 nitrogen and oxygen atoms in total. The number of amides is 1. The van der Waals surface area contributed by atoms with Gasteiger partial charge in [0.2, 0.25) is 5.91 Å². The van der Waals surface area contributed by atoms with Crippen LogP contribution < -0.4 is 4.90 Å². The molecule has 39 heavy (non-hydrogen) atoms. The van der Waals surface area contributed by atoms with Gasteiger partial charge in [0.15, 0.2) is 23.3 Å². The summed E-state index contributed by atoms with van der Waals surface area (Å²) >= 11 is 0. The third-order valence-corrected chi connectivity index (χ3v) is 7.36. The fourth-order valence-corrected chi connectivity index (χ4v) is 5.19. The first-order valence-corrected chi connectivity index (χ1v) is 13.3. The third-order valence-electron chi connectivity index (χ3n) is 7.36. The van der Waals surface area contributed by atoms with Crippen molar-refractivity contribution in [3.63, 3.8) is 0 Å². The number of benzene rings is 3. The molecular formula is C31H32F4N2O2. The summed E-state index contributed by atoms with van der Waals surface area (Å²) in [6, 6.07) is 15.4. The van der Waals surface area contributed by atoms with Crippen LogP contribution in [0.3, 0.4) is 0 Å². The van der Waals surface area contributed by atoms with Crippen molar-refractivity contribution in [2.45, 2.75) is 45.1 Å². The molecule has 0 aromatic heterocycles. The van der Waals surface area contributed by atoms with E-state index in [0.29, 0.717) is 25.2 Å². The highest BCUT2D eigenvalue weighted by atomic mass is 19.2. The molecule has 1 amide bonds. The van der Waals surface area contributed by atoms with Gasteiger partial charge >= 0.3 is 0 Å². The SMILES string of the molecule is O=C1CCc2ccccc2N1CCCC1CCN(Cc2ccc(F)c(F)c2)CC1.O=Cc1ccc(F)c(F)c1. The monoisotopic (exact) mass is 540 g/mol. The van der Waals surface area contributed by atoms with E-state index in [4.69, 9.17) is 0 Å². The number of fused-ring (bicyclic) bond motifs is 1. The van der Waals surface area contributed by atoms with Crippen molar-refractivity contribution in [1.29, 1.82) is 0 Å². The second-order valence-corrected chi connectivity index (χ2v) is 10.1. The Bertz CT molecular complexity index is 1290. The van der Waals surface area contributed by atoms with Gasteiger partial charge in [0, 0.05) is 30.8 Å². The van der Waals surface area contributed by atoms with Gasteiger partial charge in [-0.05, 0) is 98.6 Å². The number of halogens is 4. The average Bonchev–Trinajstić information content (AvgIpc) is 2.95. The second-order valence-electron chi connectivity index (χ2n) is 10.1. The molecule has 8 heteroatoms. The van der Waals surface area contributed by atoms with Crippen LogP contribution in [0.15, 0.2) is 60.7 Å². The van der Waals surface area contributed by atoms with E-state index in [9.17, 15) is 27.2 Å². The van der Waals surface area contributed by atoms with Crippen molar-refractivity contribution in [3.8, 4) is 0 Å². The predicted molar refractivity (Wildman–Crippen MR) is 142 cm³/mol. The third kappa shape index (κ3) is 7.76. The van der Waals surface area contributed by atoms with Gasteiger partial charge in [-0.15, -0.1) is 0 Å². The zero-order valence-electron chi connectivity index (χ0n) is 21.7. The molecule has 0 N–H and O–H groups in total. The Balaban J connectivity index is 0.000000298. The number of carbonyl (C=O) groups is 2. The molecule has 2 heterocycles. The summed E-state index contributed by atoms with van der Waals surface area (Å²) in [5, 5.41) is 0. The van der Waals surface area contributed by atoms with Crippen LogP contribution in [0.25, 0.3) is 0 Å². The van der Waals surface area contributed by atoms with E-state index >= 15 is 0 Å². The number of piperidine rings is 1. The van der Waals surface area contributed by atoms with Crippen molar-refractivity contribution in [1.82, 2.24) is 4.90 Å². The molecular weight excluding hydrogens is 508 g/mol. The number of aldehydes is 1. The Morgan fingerprint density at radius 1 is 0.821 bits per heavy atom. The Hall–Kier alpha value is -3.52. The smallest absolute Gasteiger partial charge is 0.227 e. The minimum Gasteiger partial charge on any atom is -0.312 e. The molecule has 0 aliphatic carbocycles. The minimum atomic E-state index is -0.996. The van der Waals surface area contributed by atoms with Gasteiger partial charge in [0.1, 0.15) is 6.29 Å². The fourth-order valence-electron chi connectivity index (χ4n) is 5.19. The fraction of sp³-hybridized carbons (Fsp3) is 0.355. The molecule has 3 aromatic rings. The number of hydrogen-bond acceptors (Lipinski definition) is 3. The van der Waals surface area contributed by atoms with Gasteiger partial charge in [-0.1, -0.05) is 24.3 Å². The van der Waals surface area contributed by atoms with Crippen LogP contribution >= 0.6 is 0 Å². The van der Waals surface area contributed by atoms with E-state index in [1.165, 1.54) is 23.8 Å². The highest BCUT2D eigenvalue weighted by Crippen LogP contribution is 2.29. The summed E-state index contributed by atoms with van der Waals surface area (Å²) in [4.78, 5) is 26.6. The lowest BCUT2D eigenvalue weighted by atomic mass is 9.91. The standard InChI is InChI=1S/C24H28F2N2O.C7H4F2O/c25-21-9-7-19(16-22(21)26)17-27-14-11-18(12-15-27)4-3-13-28-23-6-2-1-5-20(23)8-10-24(28)29;8-6-2-1-5(4-10)3-7(6)9/h1-2,5-7,9,16,18H,3-4,8,10-15,17H2;1-4H. The van der Waals surface area contributed by atoms with Crippen molar-refractivity contribution in [2.75, 3.05) is 24.5 Å². The zero-order chi connectivity index (χ0) is 27.8. The highest BCUT2D eigenvalue weighted by molar-refractivity contribution is 5.96. The second kappa shape index (κ2) is 13.5. The first kappa shape index (κ1) is 28.5. The maximum Gasteiger partial charge on any atom is 0.227 e. The Morgan fingerprint density at radius 2 is 1.51 bits per heavy atom. The Kier molecular flexibility index (Phi) is 9.87.